The van der Waals surface area contributed by atoms with E-state index in [0.717, 1.165) is 69.7 Å². The van der Waals surface area contributed by atoms with E-state index in [9.17, 15) is 9.59 Å². The number of ether oxygens (including phenoxy) is 1. The minimum absolute atomic E-state index is 0. The van der Waals surface area contributed by atoms with Gasteiger partial charge in [0.2, 0.25) is 11.8 Å². The Balaban J connectivity index is 0.00000353. The molecule has 7 heteroatoms. The molecule has 0 radical (unpaired) electrons. The zero-order valence-electron chi connectivity index (χ0n) is 23.2. The van der Waals surface area contributed by atoms with Gasteiger partial charge in [-0.3, -0.25) is 14.5 Å². The summed E-state index contributed by atoms with van der Waals surface area (Å²) in [4.78, 5) is 31.6. The van der Waals surface area contributed by atoms with E-state index < -0.39 is 0 Å². The van der Waals surface area contributed by atoms with Crippen molar-refractivity contribution >= 4 is 24.2 Å². The number of piperidine rings is 1. The molecular weight excluding hydrogens is 510 g/mol. The largest absolute Gasteiger partial charge is 0.457 e. The Morgan fingerprint density at radius 3 is 2.18 bits per heavy atom. The number of nitrogens with one attached hydrogen (secondary N) is 1. The molecule has 1 unspecified atom stereocenters. The Kier molecular flexibility index (Phi) is 10.7. The van der Waals surface area contributed by atoms with Gasteiger partial charge in [0.25, 0.3) is 0 Å². The molecule has 2 saturated heterocycles. The average molecular weight is 554 g/mol. The van der Waals surface area contributed by atoms with Crippen molar-refractivity contribution in [1.82, 2.24) is 15.1 Å². The van der Waals surface area contributed by atoms with Gasteiger partial charge in [-0.15, -0.1) is 12.4 Å². The third-order valence-corrected chi connectivity index (χ3v) is 8.71. The molecule has 0 aromatic heterocycles. The van der Waals surface area contributed by atoms with Crippen LogP contribution in [-0.2, 0) is 16.1 Å². The van der Waals surface area contributed by atoms with Crippen LogP contribution in [-0.4, -0.2) is 53.3 Å². The van der Waals surface area contributed by atoms with Gasteiger partial charge in [0, 0.05) is 13.1 Å². The summed E-state index contributed by atoms with van der Waals surface area (Å²) in [5.41, 5.74) is 1.26. The first-order valence-corrected chi connectivity index (χ1v) is 14.8. The van der Waals surface area contributed by atoms with Crippen LogP contribution in [0.5, 0.6) is 11.5 Å². The minimum Gasteiger partial charge on any atom is -0.457 e. The number of hydrogen-bond donors (Lipinski definition) is 1. The molecule has 2 aliphatic heterocycles. The van der Waals surface area contributed by atoms with Crippen LogP contribution in [0.3, 0.4) is 0 Å². The highest BCUT2D eigenvalue weighted by molar-refractivity contribution is 5.97. The lowest BCUT2D eigenvalue weighted by molar-refractivity contribution is -0.154. The van der Waals surface area contributed by atoms with Crippen molar-refractivity contribution < 1.29 is 14.3 Å². The van der Waals surface area contributed by atoms with E-state index in [4.69, 9.17) is 4.74 Å². The van der Waals surface area contributed by atoms with Crippen molar-refractivity contribution in [3.05, 3.63) is 60.2 Å². The van der Waals surface area contributed by atoms with Crippen molar-refractivity contribution in [2.75, 3.05) is 19.6 Å². The van der Waals surface area contributed by atoms with Gasteiger partial charge in [-0.2, -0.15) is 0 Å². The van der Waals surface area contributed by atoms with Crippen LogP contribution in [0.1, 0.15) is 70.3 Å². The molecule has 2 aromatic rings. The molecule has 3 fully saturated rings. The lowest BCUT2D eigenvalue weighted by atomic mass is 9.80. The van der Waals surface area contributed by atoms with Gasteiger partial charge in [0.15, 0.2) is 0 Å². The van der Waals surface area contributed by atoms with Gasteiger partial charge in [-0.1, -0.05) is 62.9 Å². The third kappa shape index (κ3) is 7.34. The molecule has 3 aliphatic rings. The molecular formula is C32H44ClN3O3. The van der Waals surface area contributed by atoms with Gasteiger partial charge < -0.3 is 15.0 Å². The zero-order valence-corrected chi connectivity index (χ0v) is 24.0. The highest BCUT2D eigenvalue weighted by atomic mass is 35.5. The maximum absolute atomic E-state index is 13.7. The molecule has 0 spiro atoms. The second-order valence-corrected chi connectivity index (χ2v) is 11.4. The molecule has 212 valence electrons. The first kappa shape index (κ1) is 29.4. The summed E-state index contributed by atoms with van der Waals surface area (Å²) < 4.78 is 5.92. The number of hydrogen-bond acceptors (Lipinski definition) is 4. The summed E-state index contributed by atoms with van der Waals surface area (Å²) in [6.45, 7) is 5.63. The van der Waals surface area contributed by atoms with Gasteiger partial charge in [-0.25, -0.2) is 0 Å². The second-order valence-electron chi connectivity index (χ2n) is 11.4. The van der Waals surface area contributed by atoms with Crippen molar-refractivity contribution in [3.63, 3.8) is 0 Å². The molecule has 0 bridgehead atoms. The standard InChI is InChI=1S/C32H43N3O3.ClH/c1-2-3-20-35-30(31(36)33-29(32(35)37)25-10-6-4-7-11-25)26-18-21-34(22-19-26)23-24-14-16-28(17-15-24)38-27-12-8-5-9-13-27;/h5,8-9,12-17,25-26,29-30H,2-4,6-7,10-11,18-23H2,1H3,(H,33,36);1H/t29-,30?;/m0./s1. The number of benzene rings is 2. The van der Waals surface area contributed by atoms with Crippen LogP contribution in [0.4, 0.5) is 0 Å². The van der Waals surface area contributed by atoms with Gasteiger partial charge in [0.1, 0.15) is 23.6 Å². The second kappa shape index (κ2) is 14.2. The Labute approximate surface area is 239 Å². The molecule has 2 amide bonds. The predicted molar refractivity (Wildman–Crippen MR) is 157 cm³/mol. The summed E-state index contributed by atoms with van der Waals surface area (Å²) in [5.74, 6) is 2.47. The first-order valence-electron chi connectivity index (χ1n) is 14.8. The Hall–Kier alpha value is -2.57. The quantitative estimate of drug-likeness (QED) is 0.402. The van der Waals surface area contributed by atoms with Crippen molar-refractivity contribution in [1.29, 1.82) is 0 Å². The normalized spacial score (nSPS) is 23.3. The van der Waals surface area contributed by atoms with E-state index in [0.29, 0.717) is 12.5 Å². The number of piperazine rings is 1. The maximum Gasteiger partial charge on any atom is 0.246 e. The van der Waals surface area contributed by atoms with E-state index in [2.05, 4.69) is 29.3 Å². The molecule has 1 N–H and O–H groups in total. The summed E-state index contributed by atoms with van der Waals surface area (Å²) in [7, 11) is 0. The summed E-state index contributed by atoms with van der Waals surface area (Å²) in [5, 5.41) is 3.21. The number of carbonyl (C=O) groups excluding carboxylic acids is 2. The summed E-state index contributed by atoms with van der Waals surface area (Å²) >= 11 is 0. The van der Waals surface area contributed by atoms with E-state index >= 15 is 0 Å². The van der Waals surface area contributed by atoms with Crippen molar-refractivity contribution in [2.45, 2.75) is 83.3 Å². The number of unbranched alkanes of at least 4 members (excludes halogenated alkanes) is 1. The van der Waals surface area contributed by atoms with Gasteiger partial charge in [0.05, 0.1) is 0 Å². The molecule has 39 heavy (non-hydrogen) atoms. The Morgan fingerprint density at radius 2 is 1.51 bits per heavy atom. The van der Waals surface area contributed by atoms with Crippen LogP contribution in [0.2, 0.25) is 0 Å². The van der Waals surface area contributed by atoms with E-state index in [1.54, 1.807) is 0 Å². The highest BCUT2D eigenvalue weighted by Crippen LogP contribution is 2.33. The van der Waals surface area contributed by atoms with Crippen LogP contribution in [0.15, 0.2) is 54.6 Å². The monoisotopic (exact) mass is 553 g/mol. The Bertz CT molecular complexity index is 1050. The number of likely N-dealkylation sites (tertiary alicyclic amines) is 1. The van der Waals surface area contributed by atoms with Crippen molar-refractivity contribution in [3.8, 4) is 11.5 Å². The van der Waals surface area contributed by atoms with Gasteiger partial charge in [-0.05, 0) is 86.9 Å². The molecule has 6 nitrogen and oxygen atoms in total. The minimum atomic E-state index is -0.315. The fraction of sp³-hybridized carbons (Fsp3) is 0.562. The Morgan fingerprint density at radius 1 is 0.846 bits per heavy atom. The molecule has 1 aliphatic carbocycles. The lowest BCUT2D eigenvalue weighted by Crippen LogP contribution is -2.67. The number of rotatable bonds is 9. The highest BCUT2D eigenvalue weighted by Gasteiger charge is 2.46. The average Bonchev–Trinajstić information content (AvgIpc) is 2.96. The van der Waals surface area contributed by atoms with Gasteiger partial charge >= 0.3 is 0 Å². The number of carbonyl (C=O) groups is 2. The van der Waals surface area contributed by atoms with Crippen LogP contribution >= 0.6 is 12.4 Å². The number of halogens is 1. The third-order valence-electron chi connectivity index (χ3n) is 8.71. The number of para-hydroxylation sites is 1. The SMILES string of the molecule is CCCCN1C(=O)[C@H](C2CCCCC2)NC(=O)C1C1CCN(Cc2ccc(Oc3ccccc3)cc2)CC1.Cl. The molecule has 2 heterocycles. The van der Waals surface area contributed by atoms with E-state index in [1.165, 1.54) is 24.8 Å². The first-order chi connectivity index (χ1) is 18.6. The molecule has 2 atom stereocenters. The molecule has 1 saturated carbocycles. The lowest BCUT2D eigenvalue weighted by Gasteiger charge is -2.46. The fourth-order valence-corrected chi connectivity index (χ4v) is 6.56. The zero-order chi connectivity index (χ0) is 26.3. The number of amides is 2. The predicted octanol–water partition coefficient (Wildman–Crippen LogP) is 6.19. The summed E-state index contributed by atoms with van der Waals surface area (Å²) in [6, 6.07) is 17.5. The maximum atomic E-state index is 13.7. The van der Waals surface area contributed by atoms with Crippen molar-refractivity contribution in [2.24, 2.45) is 11.8 Å². The van der Waals surface area contributed by atoms with E-state index in [1.807, 2.05) is 47.4 Å². The molecule has 5 rings (SSSR count). The molecule has 2 aromatic carbocycles. The topological polar surface area (TPSA) is 61.9 Å². The van der Waals surface area contributed by atoms with Crippen LogP contribution < -0.4 is 10.1 Å². The fourth-order valence-electron chi connectivity index (χ4n) is 6.56. The smallest absolute Gasteiger partial charge is 0.246 e. The summed E-state index contributed by atoms with van der Waals surface area (Å²) in [6.07, 6.45) is 9.57. The van der Waals surface area contributed by atoms with E-state index in [-0.39, 0.29) is 42.2 Å². The number of nitrogens with zero attached hydrogens (tertiary/aromatic N) is 2. The van der Waals surface area contributed by atoms with Crippen LogP contribution in [0, 0.1) is 11.8 Å². The van der Waals surface area contributed by atoms with Crippen LogP contribution in [0.25, 0.3) is 0 Å².